The van der Waals surface area contributed by atoms with E-state index in [4.69, 9.17) is 0 Å². The molecule has 120 valence electrons. The lowest BCUT2D eigenvalue weighted by atomic mass is 9.77. The molecule has 0 aromatic carbocycles. The number of likely N-dealkylation sites (N-methyl/N-ethyl adjacent to an activating group) is 1. The van der Waals surface area contributed by atoms with Crippen molar-refractivity contribution in [2.75, 3.05) is 27.7 Å². The fourth-order valence-corrected chi connectivity index (χ4v) is 4.08. The summed E-state index contributed by atoms with van der Waals surface area (Å²) >= 11 is 3.71. The first-order chi connectivity index (χ1) is 10.0. The maximum atomic E-state index is 4.57. The topological polar surface area (TPSA) is 33.1 Å². The summed E-state index contributed by atoms with van der Waals surface area (Å²) in [5.41, 5.74) is 1.32. The van der Waals surface area contributed by atoms with Crippen LogP contribution < -0.4 is 5.32 Å². The summed E-state index contributed by atoms with van der Waals surface area (Å²) in [6.45, 7) is 4.34. The Morgan fingerprint density at radius 1 is 1.48 bits per heavy atom. The molecule has 0 bridgehead atoms. The second kappa shape index (κ2) is 7.75. The van der Waals surface area contributed by atoms with E-state index in [1.54, 1.807) is 0 Å². The van der Waals surface area contributed by atoms with Crippen LogP contribution in [0.15, 0.2) is 10.7 Å². The first-order valence-corrected chi connectivity index (χ1v) is 8.85. The van der Waals surface area contributed by atoms with E-state index in [9.17, 15) is 0 Å². The number of hydrogen-bond acceptors (Lipinski definition) is 3. The van der Waals surface area contributed by atoms with E-state index in [2.05, 4.69) is 64.0 Å². The molecule has 5 heteroatoms. The normalized spacial score (nSPS) is 24.5. The van der Waals surface area contributed by atoms with Crippen molar-refractivity contribution in [3.8, 4) is 0 Å². The molecule has 1 heterocycles. The van der Waals surface area contributed by atoms with Crippen molar-refractivity contribution in [1.29, 1.82) is 0 Å². The highest BCUT2D eigenvalue weighted by molar-refractivity contribution is 9.10. The number of nitrogens with one attached hydrogen (secondary N) is 1. The molecule has 1 aliphatic rings. The van der Waals surface area contributed by atoms with Gasteiger partial charge in [0, 0.05) is 6.54 Å². The molecule has 4 nitrogen and oxygen atoms in total. The van der Waals surface area contributed by atoms with E-state index >= 15 is 0 Å². The Balaban J connectivity index is 2.18. The molecule has 2 rings (SSSR count). The average Bonchev–Trinajstić information content (AvgIpc) is 2.79. The third kappa shape index (κ3) is 4.30. The molecule has 1 fully saturated rings. The predicted molar refractivity (Wildman–Crippen MR) is 91.4 cm³/mol. The van der Waals surface area contributed by atoms with Gasteiger partial charge in [-0.05, 0) is 61.8 Å². The lowest BCUT2D eigenvalue weighted by molar-refractivity contribution is 0.221. The summed E-state index contributed by atoms with van der Waals surface area (Å²) in [5.74, 6) is 1.56. The Bertz CT molecular complexity index is 443. The van der Waals surface area contributed by atoms with Crippen LogP contribution >= 0.6 is 15.9 Å². The van der Waals surface area contributed by atoms with Gasteiger partial charge in [-0.25, -0.2) is 0 Å². The van der Waals surface area contributed by atoms with E-state index in [1.165, 1.54) is 31.4 Å². The minimum atomic E-state index is 0.395. The van der Waals surface area contributed by atoms with Gasteiger partial charge in [-0.15, -0.1) is 0 Å². The molecule has 0 spiro atoms. The van der Waals surface area contributed by atoms with Crippen molar-refractivity contribution >= 4 is 15.9 Å². The Morgan fingerprint density at radius 2 is 2.24 bits per heavy atom. The van der Waals surface area contributed by atoms with Crippen LogP contribution in [0.1, 0.15) is 44.3 Å². The van der Waals surface area contributed by atoms with Crippen LogP contribution in [-0.2, 0) is 6.54 Å². The lowest BCUT2D eigenvalue weighted by Gasteiger charge is -2.33. The molecule has 1 aliphatic carbocycles. The number of aromatic nitrogens is 2. The molecule has 1 aromatic rings. The first kappa shape index (κ1) is 17.0. The zero-order valence-corrected chi connectivity index (χ0v) is 15.4. The Hall–Kier alpha value is -0.390. The molecular weight excluding hydrogens is 328 g/mol. The molecule has 1 saturated carbocycles. The summed E-state index contributed by atoms with van der Waals surface area (Å²) in [6, 6.07) is 0.395. The molecule has 1 aromatic heterocycles. The smallest absolute Gasteiger partial charge is 0.0698 e. The van der Waals surface area contributed by atoms with Crippen molar-refractivity contribution in [2.45, 2.75) is 45.2 Å². The van der Waals surface area contributed by atoms with Gasteiger partial charge in [0.1, 0.15) is 0 Å². The summed E-state index contributed by atoms with van der Waals surface area (Å²) in [5, 5.41) is 8.13. The average molecular weight is 357 g/mol. The number of nitrogens with zero attached hydrogens (tertiary/aromatic N) is 3. The number of rotatable bonds is 6. The van der Waals surface area contributed by atoms with Crippen molar-refractivity contribution in [1.82, 2.24) is 20.0 Å². The summed E-state index contributed by atoms with van der Waals surface area (Å²) in [7, 11) is 6.30. The first-order valence-electron chi connectivity index (χ1n) is 8.06. The summed E-state index contributed by atoms with van der Waals surface area (Å²) in [6.07, 6.45) is 7.32. The molecule has 0 saturated heterocycles. The minimum Gasteiger partial charge on any atom is -0.311 e. The van der Waals surface area contributed by atoms with Gasteiger partial charge in [-0.2, -0.15) is 5.10 Å². The molecule has 0 amide bonds. The van der Waals surface area contributed by atoms with E-state index in [1.807, 2.05) is 6.20 Å². The minimum absolute atomic E-state index is 0.395. The Morgan fingerprint density at radius 3 is 2.86 bits per heavy atom. The van der Waals surface area contributed by atoms with Gasteiger partial charge in [0.15, 0.2) is 0 Å². The molecule has 1 N–H and O–H groups in total. The van der Waals surface area contributed by atoms with Gasteiger partial charge < -0.3 is 10.2 Å². The Labute approximate surface area is 137 Å². The van der Waals surface area contributed by atoms with Crippen LogP contribution in [-0.4, -0.2) is 42.4 Å². The van der Waals surface area contributed by atoms with Crippen LogP contribution in [0.3, 0.4) is 0 Å². The van der Waals surface area contributed by atoms with E-state index in [-0.39, 0.29) is 0 Å². The van der Waals surface area contributed by atoms with E-state index in [0.29, 0.717) is 12.0 Å². The second-order valence-corrected chi connectivity index (χ2v) is 7.56. The Kier molecular flexibility index (Phi) is 6.26. The second-order valence-electron chi connectivity index (χ2n) is 6.70. The van der Waals surface area contributed by atoms with Crippen molar-refractivity contribution in [2.24, 2.45) is 11.8 Å². The maximum Gasteiger partial charge on any atom is 0.0698 e. The fraction of sp³-hybridized carbons (Fsp3) is 0.812. The van der Waals surface area contributed by atoms with Crippen LogP contribution in [0.4, 0.5) is 0 Å². The monoisotopic (exact) mass is 356 g/mol. The summed E-state index contributed by atoms with van der Waals surface area (Å²) < 4.78 is 3.31. The summed E-state index contributed by atoms with van der Waals surface area (Å²) in [4.78, 5) is 2.20. The van der Waals surface area contributed by atoms with Gasteiger partial charge in [-0.1, -0.05) is 19.8 Å². The lowest BCUT2D eigenvalue weighted by Crippen LogP contribution is -2.32. The predicted octanol–water partition coefficient (Wildman–Crippen LogP) is 3.29. The zero-order valence-electron chi connectivity index (χ0n) is 13.8. The molecule has 0 aliphatic heterocycles. The fourth-order valence-electron chi connectivity index (χ4n) is 3.53. The van der Waals surface area contributed by atoms with Gasteiger partial charge in [0.05, 0.1) is 29.0 Å². The molecule has 3 unspecified atom stereocenters. The highest BCUT2D eigenvalue weighted by Gasteiger charge is 2.30. The van der Waals surface area contributed by atoms with Gasteiger partial charge in [0.2, 0.25) is 0 Å². The molecular formula is C16H29BrN4. The van der Waals surface area contributed by atoms with E-state index < -0.39 is 0 Å². The maximum absolute atomic E-state index is 4.57. The third-order valence-corrected chi connectivity index (χ3v) is 5.26. The van der Waals surface area contributed by atoms with Gasteiger partial charge >= 0.3 is 0 Å². The SMILES string of the molecule is CNC(c1c(Br)cnn1CCN(C)C)C1CCCC(C)C1. The van der Waals surface area contributed by atoms with Crippen molar-refractivity contribution in [3.63, 3.8) is 0 Å². The van der Waals surface area contributed by atoms with Crippen LogP contribution in [0, 0.1) is 11.8 Å². The van der Waals surface area contributed by atoms with Crippen molar-refractivity contribution in [3.05, 3.63) is 16.4 Å². The van der Waals surface area contributed by atoms with Gasteiger partial charge in [-0.3, -0.25) is 4.68 Å². The largest absolute Gasteiger partial charge is 0.311 e. The van der Waals surface area contributed by atoms with Crippen molar-refractivity contribution < 1.29 is 0 Å². The number of halogens is 1. The quantitative estimate of drug-likeness (QED) is 0.848. The van der Waals surface area contributed by atoms with Gasteiger partial charge in [0.25, 0.3) is 0 Å². The molecule has 3 atom stereocenters. The third-order valence-electron chi connectivity index (χ3n) is 4.65. The molecule has 21 heavy (non-hydrogen) atoms. The highest BCUT2D eigenvalue weighted by atomic mass is 79.9. The zero-order chi connectivity index (χ0) is 15.4. The van der Waals surface area contributed by atoms with Crippen LogP contribution in [0.5, 0.6) is 0 Å². The molecule has 0 radical (unpaired) electrons. The van der Waals surface area contributed by atoms with Crippen LogP contribution in [0.25, 0.3) is 0 Å². The standard InChI is InChI=1S/C16H29BrN4/c1-12-6-5-7-13(10-12)15(18-2)16-14(17)11-19-21(16)9-8-20(3)4/h11-13,15,18H,5-10H2,1-4H3. The van der Waals surface area contributed by atoms with E-state index in [0.717, 1.165) is 23.5 Å². The number of hydrogen-bond donors (Lipinski definition) is 1. The van der Waals surface area contributed by atoms with Crippen LogP contribution in [0.2, 0.25) is 0 Å². The highest BCUT2D eigenvalue weighted by Crippen LogP contribution is 2.38.